The minimum Gasteiger partial charge on any atom is -0.480 e. The van der Waals surface area contributed by atoms with Gasteiger partial charge in [-0.15, -0.1) is 0 Å². The molecule has 0 saturated carbocycles. The van der Waals surface area contributed by atoms with Crippen LogP contribution in [0, 0.1) is 0 Å². The summed E-state index contributed by atoms with van der Waals surface area (Å²) < 4.78 is 0. The maximum absolute atomic E-state index is 10.9. The quantitative estimate of drug-likeness (QED) is 0.636. The fourth-order valence-corrected chi connectivity index (χ4v) is 1.68. The van der Waals surface area contributed by atoms with E-state index in [0.29, 0.717) is 12.8 Å². The first kappa shape index (κ1) is 9.98. The molecule has 0 aromatic carbocycles. The van der Waals surface area contributed by atoms with Gasteiger partial charge in [-0.2, -0.15) is 0 Å². The number of hydrogen-bond donors (Lipinski definition) is 2. The number of rotatable bonds is 2. The number of likely N-dealkylation sites (N-methyl/N-ethyl adjacent to an activating group) is 1. The largest absolute Gasteiger partial charge is 0.480 e. The van der Waals surface area contributed by atoms with E-state index in [-0.39, 0.29) is 0 Å². The topological polar surface area (TPSA) is 77.8 Å². The van der Waals surface area contributed by atoms with Gasteiger partial charge in [0.2, 0.25) is 0 Å². The standard InChI is InChI=1S/C8H13NO4/c1-8(7(12)13)4-3-5(6(10)11)9(8)2/h5H,3-4H2,1-2H3,(H,10,11)(H,12,13). The van der Waals surface area contributed by atoms with Crippen LogP contribution in [0.5, 0.6) is 0 Å². The van der Waals surface area contributed by atoms with E-state index in [4.69, 9.17) is 10.2 Å². The first-order chi connectivity index (χ1) is 5.89. The lowest BCUT2D eigenvalue weighted by Crippen LogP contribution is -2.50. The zero-order chi connectivity index (χ0) is 10.2. The molecule has 2 N–H and O–H groups in total. The second-order valence-electron chi connectivity index (χ2n) is 3.58. The predicted molar refractivity (Wildman–Crippen MR) is 44.5 cm³/mol. The molecule has 0 bridgehead atoms. The molecule has 1 saturated heterocycles. The molecule has 0 aromatic rings. The molecule has 74 valence electrons. The van der Waals surface area contributed by atoms with Crippen LogP contribution in [0.2, 0.25) is 0 Å². The lowest BCUT2D eigenvalue weighted by atomic mass is 10.00. The fourth-order valence-electron chi connectivity index (χ4n) is 1.68. The molecular weight excluding hydrogens is 174 g/mol. The minimum atomic E-state index is -1.02. The van der Waals surface area contributed by atoms with Crippen LogP contribution < -0.4 is 0 Å². The first-order valence-electron chi connectivity index (χ1n) is 4.08. The molecule has 1 aliphatic rings. The second-order valence-corrected chi connectivity index (χ2v) is 3.58. The van der Waals surface area contributed by atoms with Gasteiger partial charge < -0.3 is 10.2 Å². The van der Waals surface area contributed by atoms with E-state index in [0.717, 1.165) is 0 Å². The molecular formula is C8H13NO4. The van der Waals surface area contributed by atoms with Crippen molar-refractivity contribution in [3.05, 3.63) is 0 Å². The average molecular weight is 187 g/mol. The van der Waals surface area contributed by atoms with Gasteiger partial charge >= 0.3 is 11.9 Å². The molecule has 13 heavy (non-hydrogen) atoms. The number of hydrogen-bond acceptors (Lipinski definition) is 3. The van der Waals surface area contributed by atoms with E-state index in [1.807, 2.05) is 0 Å². The van der Waals surface area contributed by atoms with Gasteiger partial charge in [-0.1, -0.05) is 0 Å². The Bertz CT molecular complexity index is 253. The van der Waals surface area contributed by atoms with E-state index in [1.54, 1.807) is 14.0 Å². The second kappa shape index (κ2) is 2.99. The zero-order valence-electron chi connectivity index (χ0n) is 7.65. The third kappa shape index (κ3) is 1.39. The van der Waals surface area contributed by atoms with Crippen LogP contribution in [0.25, 0.3) is 0 Å². The molecule has 0 aliphatic carbocycles. The Balaban J connectivity index is 2.87. The summed E-state index contributed by atoms with van der Waals surface area (Å²) in [7, 11) is 1.54. The van der Waals surface area contributed by atoms with Crippen LogP contribution in [-0.4, -0.2) is 45.7 Å². The van der Waals surface area contributed by atoms with E-state index < -0.39 is 23.5 Å². The average Bonchev–Trinajstić information content (AvgIpc) is 2.30. The third-order valence-electron chi connectivity index (χ3n) is 2.90. The molecule has 2 atom stereocenters. The van der Waals surface area contributed by atoms with Crippen molar-refractivity contribution in [2.75, 3.05) is 7.05 Å². The maximum atomic E-state index is 10.9. The van der Waals surface area contributed by atoms with Gasteiger partial charge in [-0.05, 0) is 26.8 Å². The summed E-state index contributed by atoms with van der Waals surface area (Å²) in [4.78, 5) is 23.0. The number of carboxylic acid groups (broad SMARTS) is 2. The van der Waals surface area contributed by atoms with E-state index in [9.17, 15) is 9.59 Å². The number of nitrogens with zero attached hydrogens (tertiary/aromatic N) is 1. The highest BCUT2D eigenvalue weighted by atomic mass is 16.4. The molecule has 5 nitrogen and oxygen atoms in total. The lowest BCUT2D eigenvalue weighted by molar-refractivity contribution is -0.151. The smallest absolute Gasteiger partial charge is 0.323 e. The molecule has 1 rings (SSSR count). The number of carbonyl (C=O) groups is 2. The molecule has 0 amide bonds. The molecule has 0 aromatic heterocycles. The van der Waals surface area contributed by atoms with Gasteiger partial charge in [0.05, 0.1) is 0 Å². The highest BCUT2D eigenvalue weighted by Crippen LogP contribution is 2.32. The summed E-state index contributed by atoms with van der Waals surface area (Å²) in [6.45, 7) is 1.55. The van der Waals surface area contributed by atoms with Crippen molar-refractivity contribution in [2.24, 2.45) is 0 Å². The lowest BCUT2D eigenvalue weighted by Gasteiger charge is -2.29. The monoisotopic (exact) mass is 187 g/mol. The minimum absolute atomic E-state index is 0.385. The van der Waals surface area contributed by atoms with Gasteiger partial charge in [0, 0.05) is 0 Å². The summed E-state index contributed by atoms with van der Waals surface area (Å²) >= 11 is 0. The van der Waals surface area contributed by atoms with Crippen molar-refractivity contribution in [1.82, 2.24) is 4.90 Å². The number of carboxylic acids is 2. The van der Waals surface area contributed by atoms with Gasteiger partial charge in [0.25, 0.3) is 0 Å². The highest BCUT2D eigenvalue weighted by Gasteiger charge is 2.48. The van der Waals surface area contributed by atoms with Gasteiger partial charge in [0.15, 0.2) is 0 Å². The Kier molecular flexibility index (Phi) is 2.30. The van der Waals surface area contributed by atoms with Crippen molar-refractivity contribution in [1.29, 1.82) is 0 Å². The normalized spacial score (nSPS) is 34.8. The molecule has 2 unspecified atom stereocenters. The molecule has 1 aliphatic heterocycles. The zero-order valence-corrected chi connectivity index (χ0v) is 7.65. The Morgan fingerprint density at radius 2 is 2.00 bits per heavy atom. The van der Waals surface area contributed by atoms with Crippen LogP contribution in [0.3, 0.4) is 0 Å². The van der Waals surface area contributed by atoms with Crippen molar-refractivity contribution in [2.45, 2.75) is 31.3 Å². The first-order valence-corrected chi connectivity index (χ1v) is 4.08. The van der Waals surface area contributed by atoms with Crippen LogP contribution in [0.15, 0.2) is 0 Å². The molecule has 0 radical (unpaired) electrons. The van der Waals surface area contributed by atoms with Crippen molar-refractivity contribution in [3.63, 3.8) is 0 Å². The summed E-state index contributed by atoms with van der Waals surface area (Å²) in [6, 6.07) is -0.666. The predicted octanol–water partition coefficient (Wildman–Crippen LogP) is 0.00850. The summed E-state index contributed by atoms with van der Waals surface area (Å²) in [5, 5.41) is 17.7. The summed E-state index contributed by atoms with van der Waals surface area (Å²) in [5.74, 6) is -1.91. The fraction of sp³-hybridized carbons (Fsp3) is 0.750. The van der Waals surface area contributed by atoms with Crippen molar-refractivity contribution >= 4 is 11.9 Å². The third-order valence-corrected chi connectivity index (χ3v) is 2.90. The summed E-state index contributed by atoms with van der Waals surface area (Å²) in [5.41, 5.74) is -1.02. The maximum Gasteiger partial charge on any atom is 0.323 e. The van der Waals surface area contributed by atoms with E-state index >= 15 is 0 Å². The molecule has 1 fully saturated rings. The highest BCUT2D eigenvalue weighted by molar-refractivity contribution is 5.82. The van der Waals surface area contributed by atoms with Crippen molar-refractivity contribution in [3.8, 4) is 0 Å². The van der Waals surface area contributed by atoms with Gasteiger partial charge in [-0.3, -0.25) is 14.5 Å². The molecule has 1 heterocycles. The van der Waals surface area contributed by atoms with Crippen LogP contribution in [0.1, 0.15) is 19.8 Å². The Labute approximate surface area is 76.0 Å². The van der Waals surface area contributed by atoms with Crippen LogP contribution in [-0.2, 0) is 9.59 Å². The SMILES string of the molecule is CN1C(C(=O)O)CCC1(C)C(=O)O. The number of likely N-dealkylation sites (tertiary alicyclic amines) is 1. The molecule has 0 spiro atoms. The van der Waals surface area contributed by atoms with Crippen LogP contribution >= 0.6 is 0 Å². The number of aliphatic carboxylic acids is 2. The molecule has 5 heteroatoms. The van der Waals surface area contributed by atoms with Gasteiger partial charge in [0.1, 0.15) is 11.6 Å². The van der Waals surface area contributed by atoms with Crippen molar-refractivity contribution < 1.29 is 19.8 Å². The Morgan fingerprint density at radius 1 is 1.46 bits per heavy atom. The summed E-state index contributed by atoms with van der Waals surface area (Å²) in [6.07, 6.45) is 0.782. The van der Waals surface area contributed by atoms with E-state index in [1.165, 1.54) is 4.90 Å². The van der Waals surface area contributed by atoms with Crippen LogP contribution in [0.4, 0.5) is 0 Å². The Morgan fingerprint density at radius 3 is 2.23 bits per heavy atom. The van der Waals surface area contributed by atoms with Gasteiger partial charge in [-0.25, -0.2) is 0 Å². The Hall–Kier alpha value is -1.10. The van der Waals surface area contributed by atoms with E-state index in [2.05, 4.69) is 0 Å².